The molecule has 1 aliphatic heterocycles. The number of hydrogen-bond acceptors (Lipinski definition) is 4. The lowest BCUT2D eigenvalue weighted by molar-refractivity contribution is -0.126. The number of phenolic OH excluding ortho intramolecular Hbond substituents is 1. The fourth-order valence-corrected chi connectivity index (χ4v) is 3.50. The van der Waals surface area contributed by atoms with Crippen LogP contribution in [0.3, 0.4) is 0 Å². The Labute approximate surface area is 105 Å². The summed E-state index contributed by atoms with van der Waals surface area (Å²) in [6, 6.07) is 4.68. The largest absolute Gasteiger partial charge is 0.508 e. The molecule has 0 spiro atoms. The van der Waals surface area contributed by atoms with E-state index in [4.69, 9.17) is 0 Å². The summed E-state index contributed by atoms with van der Waals surface area (Å²) in [6.45, 7) is 2.06. The second kappa shape index (κ2) is 4.58. The van der Waals surface area contributed by atoms with Crippen LogP contribution in [0, 0.1) is 0 Å². The van der Waals surface area contributed by atoms with Gasteiger partial charge in [-0.1, -0.05) is 6.07 Å². The maximum Gasteiger partial charge on any atom is 0.243 e. The number of piperazine rings is 1. The highest BCUT2D eigenvalue weighted by molar-refractivity contribution is 7.89. The molecule has 1 atom stereocenters. The van der Waals surface area contributed by atoms with E-state index in [1.807, 2.05) is 0 Å². The summed E-state index contributed by atoms with van der Waals surface area (Å²) in [7, 11) is -3.75. The second-order valence-corrected chi connectivity index (χ2v) is 5.97. The summed E-state index contributed by atoms with van der Waals surface area (Å²) in [5.74, 6) is -0.435. The van der Waals surface area contributed by atoms with Crippen molar-refractivity contribution in [3.63, 3.8) is 0 Å². The topological polar surface area (TPSA) is 86.7 Å². The quantitative estimate of drug-likeness (QED) is 0.785. The maximum absolute atomic E-state index is 12.3. The lowest BCUT2D eigenvalue weighted by Gasteiger charge is -2.31. The molecule has 0 saturated carbocycles. The monoisotopic (exact) mass is 270 g/mol. The van der Waals surface area contributed by atoms with Gasteiger partial charge in [-0.2, -0.15) is 4.31 Å². The number of hydrogen-bond donors (Lipinski definition) is 2. The van der Waals surface area contributed by atoms with Gasteiger partial charge in [-0.15, -0.1) is 0 Å². The molecule has 0 aromatic heterocycles. The van der Waals surface area contributed by atoms with Crippen LogP contribution in [0.15, 0.2) is 29.2 Å². The van der Waals surface area contributed by atoms with Gasteiger partial charge in [0.15, 0.2) is 0 Å². The van der Waals surface area contributed by atoms with Crippen LogP contribution in [0.25, 0.3) is 0 Å². The van der Waals surface area contributed by atoms with Crippen molar-refractivity contribution in [3.05, 3.63) is 24.3 Å². The molecule has 18 heavy (non-hydrogen) atoms. The van der Waals surface area contributed by atoms with E-state index < -0.39 is 16.1 Å². The van der Waals surface area contributed by atoms with Crippen molar-refractivity contribution in [2.75, 3.05) is 13.1 Å². The molecule has 6 nitrogen and oxygen atoms in total. The van der Waals surface area contributed by atoms with Crippen LogP contribution in [0.5, 0.6) is 5.75 Å². The minimum Gasteiger partial charge on any atom is -0.508 e. The van der Waals surface area contributed by atoms with Gasteiger partial charge in [-0.3, -0.25) is 4.79 Å². The first-order chi connectivity index (χ1) is 8.43. The Morgan fingerprint density at radius 1 is 1.44 bits per heavy atom. The Hall–Kier alpha value is -1.60. The number of carbonyl (C=O) groups is 1. The lowest BCUT2D eigenvalue weighted by Crippen LogP contribution is -2.55. The van der Waals surface area contributed by atoms with Crippen molar-refractivity contribution in [1.29, 1.82) is 0 Å². The number of nitrogens with zero attached hydrogens (tertiary/aromatic N) is 1. The van der Waals surface area contributed by atoms with Gasteiger partial charge in [-0.05, 0) is 25.1 Å². The molecule has 1 saturated heterocycles. The molecule has 1 aliphatic rings. The Balaban J connectivity index is 2.39. The first-order valence-corrected chi connectivity index (χ1v) is 6.95. The molecule has 2 N–H and O–H groups in total. The number of rotatable bonds is 2. The summed E-state index contributed by atoms with van der Waals surface area (Å²) in [4.78, 5) is 11.5. The van der Waals surface area contributed by atoms with Crippen molar-refractivity contribution in [3.8, 4) is 5.75 Å². The van der Waals surface area contributed by atoms with Gasteiger partial charge in [0, 0.05) is 13.1 Å². The number of aromatic hydroxyl groups is 1. The minimum atomic E-state index is -3.75. The smallest absolute Gasteiger partial charge is 0.243 e. The van der Waals surface area contributed by atoms with Crippen LogP contribution in [-0.4, -0.2) is 42.9 Å². The molecule has 1 aromatic carbocycles. The standard InChI is InChI=1S/C11H14N2O4S/c1-8-11(15)12-5-6-13(8)18(16,17)10-4-2-3-9(14)7-10/h2-4,7-8,14H,5-6H2,1H3,(H,12,15). The van der Waals surface area contributed by atoms with Gasteiger partial charge in [0.05, 0.1) is 4.90 Å². The molecule has 0 bridgehead atoms. The highest BCUT2D eigenvalue weighted by atomic mass is 32.2. The summed E-state index contributed by atoms with van der Waals surface area (Å²) < 4.78 is 25.8. The lowest BCUT2D eigenvalue weighted by atomic mass is 10.2. The second-order valence-electron chi connectivity index (χ2n) is 4.08. The molecule has 1 unspecified atom stereocenters. The summed E-state index contributed by atoms with van der Waals surface area (Å²) in [5.41, 5.74) is 0. The van der Waals surface area contributed by atoms with Crippen molar-refractivity contribution < 1.29 is 18.3 Å². The molecule has 1 amide bonds. The summed E-state index contributed by atoms with van der Waals surface area (Å²) >= 11 is 0. The zero-order chi connectivity index (χ0) is 13.3. The summed E-state index contributed by atoms with van der Waals surface area (Å²) in [6.07, 6.45) is 0. The first kappa shape index (κ1) is 12.8. The van der Waals surface area contributed by atoms with Gasteiger partial charge in [0.2, 0.25) is 15.9 Å². The zero-order valence-electron chi connectivity index (χ0n) is 9.83. The van der Waals surface area contributed by atoms with Gasteiger partial charge < -0.3 is 10.4 Å². The zero-order valence-corrected chi connectivity index (χ0v) is 10.6. The Bertz CT molecular complexity index is 570. The van der Waals surface area contributed by atoms with Crippen molar-refractivity contribution >= 4 is 15.9 Å². The number of carbonyl (C=O) groups excluding carboxylic acids is 1. The van der Waals surface area contributed by atoms with Crippen molar-refractivity contribution in [2.45, 2.75) is 17.9 Å². The molecule has 7 heteroatoms. The van der Waals surface area contributed by atoms with Gasteiger partial charge >= 0.3 is 0 Å². The minimum absolute atomic E-state index is 0.0101. The molecule has 0 aliphatic carbocycles. The number of nitrogens with one attached hydrogen (secondary N) is 1. The Morgan fingerprint density at radius 3 is 2.83 bits per heavy atom. The van der Waals surface area contributed by atoms with E-state index in [1.54, 1.807) is 0 Å². The predicted molar refractivity (Wildman–Crippen MR) is 64.5 cm³/mol. The number of phenols is 1. The van der Waals surface area contributed by atoms with Crippen LogP contribution in [-0.2, 0) is 14.8 Å². The van der Waals surface area contributed by atoms with E-state index in [2.05, 4.69) is 5.32 Å². The van der Waals surface area contributed by atoms with Crippen LogP contribution >= 0.6 is 0 Å². The van der Waals surface area contributed by atoms with E-state index in [9.17, 15) is 18.3 Å². The molecular weight excluding hydrogens is 256 g/mol. The van der Waals surface area contributed by atoms with Crippen LogP contribution in [0.2, 0.25) is 0 Å². The molecular formula is C11H14N2O4S. The molecule has 1 aromatic rings. The number of benzene rings is 1. The van der Waals surface area contributed by atoms with Gasteiger partial charge in [-0.25, -0.2) is 8.42 Å². The van der Waals surface area contributed by atoms with Crippen LogP contribution in [0.1, 0.15) is 6.92 Å². The molecule has 1 heterocycles. The van der Waals surface area contributed by atoms with Crippen LogP contribution < -0.4 is 5.32 Å². The molecule has 0 radical (unpaired) electrons. The van der Waals surface area contributed by atoms with Crippen molar-refractivity contribution in [2.24, 2.45) is 0 Å². The highest BCUT2D eigenvalue weighted by Crippen LogP contribution is 2.22. The van der Waals surface area contributed by atoms with Crippen LogP contribution in [0.4, 0.5) is 0 Å². The van der Waals surface area contributed by atoms with Gasteiger partial charge in [0.25, 0.3) is 0 Å². The van der Waals surface area contributed by atoms with E-state index >= 15 is 0 Å². The summed E-state index contributed by atoms with van der Waals surface area (Å²) in [5, 5.41) is 11.9. The van der Waals surface area contributed by atoms with Crippen molar-refractivity contribution in [1.82, 2.24) is 9.62 Å². The fourth-order valence-electron chi connectivity index (χ4n) is 1.87. The molecule has 2 rings (SSSR count). The number of sulfonamides is 1. The Kier molecular flexibility index (Phi) is 3.27. The molecule has 1 fully saturated rings. The van der Waals surface area contributed by atoms with E-state index in [-0.39, 0.29) is 23.1 Å². The van der Waals surface area contributed by atoms with Gasteiger partial charge in [0.1, 0.15) is 11.8 Å². The third-order valence-corrected chi connectivity index (χ3v) is 4.83. The third kappa shape index (κ3) is 2.19. The van der Waals surface area contributed by atoms with E-state index in [0.29, 0.717) is 6.54 Å². The highest BCUT2D eigenvalue weighted by Gasteiger charge is 2.35. The average molecular weight is 270 g/mol. The normalized spacial score (nSPS) is 21.6. The Morgan fingerprint density at radius 2 is 2.17 bits per heavy atom. The maximum atomic E-state index is 12.3. The predicted octanol–water partition coefficient (Wildman–Crippen LogP) is -0.0988. The average Bonchev–Trinajstić information content (AvgIpc) is 2.32. The fraction of sp³-hybridized carbons (Fsp3) is 0.364. The first-order valence-electron chi connectivity index (χ1n) is 5.51. The number of amides is 1. The SMILES string of the molecule is CC1C(=O)NCCN1S(=O)(=O)c1cccc(O)c1. The molecule has 98 valence electrons. The van der Waals surface area contributed by atoms with E-state index in [1.165, 1.54) is 31.2 Å². The van der Waals surface area contributed by atoms with E-state index in [0.717, 1.165) is 4.31 Å². The third-order valence-electron chi connectivity index (χ3n) is 2.87.